The molecule has 3 saturated carbocycles. The van der Waals surface area contributed by atoms with E-state index in [2.05, 4.69) is 65.8 Å². The van der Waals surface area contributed by atoms with Gasteiger partial charge in [0.1, 0.15) is 11.7 Å². The molecule has 5 nitrogen and oxygen atoms in total. The fourth-order valence-corrected chi connectivity index (χ4v) is 10.3. The van der Waals surface area contributed by atoms with E-state index in [9.17, 15) is 9.59 Å². The zero-order valence-electron chi connectivity index (χ0n) is 26.8. The Morgan fingerprint density at radius 3 is 2.38 bits per heavy atom. The van der Waals surface area contributed by atoms with Crippen LogP contribution >= 0.6 is 0 Å². The van der Waals surface area contributed by atoms with Gasteiger partial charge < -0.3 is 4.74 Å². The Bertz CT molecular complexity index is 1270. The zero-order valence-corrected chi connectivity index (χ0v) is 26.8. The normalized spacial score (nSPS) is 41.8. The number of carbonyl (C=O) groups excluding carboxylic acids is 2. The fourth-order valence-electron chi connectivity index (χ4n) is 10.3. The Hall–Kier alpha value is -2.40. The van der Waals surface area contributed by atoms with Crippen molar-refractivity contribution < 1.29 is 19.2 Å². The van der Waals surface area contributed by atoms with Crippen molar-refractivity contribution in [3.8, 4) is 0 Å². The highest BCUT2D eigenvalue weighted by molar-refractivity contribution is 5.94. The maximum absolute atomic E-state index is 14.4. The van der Waals surface area contributed by atoms with E-state index in [0.717, 1.165) is 25.7 Å². The van der Waals surface area contributed by atoms with Crippen LogP contribution < -0.4 is 0 Å². The fraction of sp³-hybridized carbons (Fsp3) is 0.676. The van der Waals surface area contributed by atoms with Crippen LogP contribution in [0.5, 0.6) is 0 Å². The lowest BCUT2D eigenvalue weighted by atomic mass is 9.41. The Morgan fingerprint density at radius 1 is 0.952 bits per heavy atom. The number of hydroxylamine groups is 2. The van der Waals surface area contributed by atoms with Crippen LogP contribution in [0.3, 0.4) is 0 Å². The molecule has 10 atom stereocenters. The lowest BCUT2D eigenvalue weighted by Gasteiger charge is -2.73. The molecule has 4 aliphatic carbocycles. The molecule has 10 unspecified atom stereocenters. The first-order chi connectivity index (χ1) is 19.9. The summed E-state index contributed by atoms with van der Waals surface area (Å²) in [7, 11) is 0. The second-order valence-electron chi connectivity index (χ2n) is 15.2. The number of rotatable bonds is 6. The van der Waals surface area contributed by atoms with E-state index in [1.165, 1.54) is 19.8 Å². The van der Waals surface area contributed by atoms with Gasteiger partial charge in [-0.05, 0) is 79.7 Å². The number of hydrogen-bond donors (Lipinski definition) is 0. The van der Waals surface area contributed by atoms with Gasteiger partial charge in [0, 0.05) is 36.2 Å². The van der Waals surface area contributed by atoms with Gasteiger partial charge >= 0.3 is 5.97 Å². The van der Waals surface area contributed by atoms with Crippen molar-refractivity contribution in [1.29, 1.82) is 0 Å². The largest absolute Gasteiger partial charge is 0.462 e. The van der Waals surface area contributed by atoms with E-state index >= 15 is 0 Å². The van der Waals surface area contributed by atoms with Crippen LogP contribution in [-0.4, -0.2) is 34.2 Å². The minimum atomic E-state index is -0.653. The van der Waals surface area contributed by atoms with E-state index in [-0.39, 0.29) is 28.8 Å². The van der Waals surface area contributed by atoms with Gasteiger partial charge in [-0.25, -0.2) is 5.06 Å². The molecule has 228 valence electrons. The van der Waals surface area contributed by atoms with Gasteiger partial charge in [0.25, 0.3) is 5.91 Å². The van der Waals surface area contributed by atoms with E-state index in [4.69, 9.17) is 9.57 Å². The van der Waals surface area contributed by atoms with Crippen molar-refractivity contribution in [2.75, 3.05) is 0 Å². The summed E-state index contributed by atoms with van der Waals surface area (Å²) in [4.78, 5) is 33.7. The van der Waals surface area contributed by atoms with Crippen molar-refractivity contribution in [3.63, 3.8) is 0 Å². The lowest BCUT2D eigenvalue weighted by Crippen LogP contribution is -2.79. The molecule has 5 heteroatoms. The first kappa shape index (κ1) is 29.7. The summed E-state index contributed by atoms with van der Waals surface area (Å²) in [6.45, 7) is 15.7. The predicted octanol–water partition coefficient (Wildman–Crippen LogP) is 8.17. The summed E-state index contributed by atoms with van der Waals surface area (Å²) in [6, 6.07) is 9.54. The van der Waals surface area contributed by atoms with Crippen LogP contribution in [-0.2, 0) is 14.4 Å². The SMILES string of the molecule is CC(=O)OC1CCC2(C)C3CCC4(C)C(C(C)C=CC(C)C(C)C)CCC4C34C=CC2(C1)N(C(=O)c1ccccc1)O4. The maximum atomic E-state index is 14.4. The standard InChI is InChI=1S/C37H51NO4/c1-24(2)25(3)13-14-26(4)30-15-16-31-34(30,6)19-18-32-35(7)20-17-29(41-27(5)39)23-36(35)21-22-37(31,32)42-38(36)33(40)28-11-9-8-10-12-28/h8-14,21-22,24-26,29-32H,15-20,23H2,1-7H3. The molecule has 6 aliphatic rings. The minimum Gasteiger partial charge on any atom is -0.462 e. The van der Waals surface area contributed by atoms with Gasteiger partial charge in [0.15, 0.2) is 0 Å². The third-order valence-electron chi connectivity index (χ3n) is 12.9. The molecule has 0 radical (unpaired) electrons. The molecule has 1 saturated heterocycles. The van der Waals surface area contributed by atoms with Crippen molar-refractivity contribution in [1.82, 2.24) is 5.06 Å². The van der Waals surface area contributed by atoms with Crippen LogP contribution in [0.25, 0.3) is 0 Å². The number of fused-ring (bicyclic) bond motifs is 2. The highest BCUT2D eigenvalue weighted by atomic mass is 16.7. The Labute approximate surface area is 253 Å². The first-order valence-electron chi connectivity index (χ1n) is 16.5. The first-order valence-corrected chi connectivity index (χ1v) is 16.5. The average Bonchev–Trinajstić information content (AvgIpc) is 3.33. The van der Waals surface area contributed by atoms with Crippen molar-refractivity contribution >= 4 is 11.9 Å². The smallest absolute Gasteiger partial charge is 0.302 e. The molecule has 1 amide bonds. The molecule has 1 aromatic rings. The highest BCUT2D eigenvalue weighted by Gasteiger charge is 2.76. The summed E-state index contributed by atoms with van der Waals surface area (Å²) < 4.78 is 5.80. The number of hydrogen-bond acceptors (Lipinski definition) is 4. The van der Waals surface area contributed by atoms with E-state index in [1.54, 1.807) is 5.06 Å². The number of amides is 1. The summed E-state index contributed by atoms with van der Waals surface area (Å²) in [5.41, 5.74) is -0.557. The van der Waals surface area contributed by atoms with Gasteiger partial charge in [-0.15, -0.1) is 0 Å². The van der Waals surface area contributed by atoms with Gasteiger partial charge in [0.05, 0.1) is 5.54 Å². The van der Waals surface area contributed by atoms with Gasteiger partial charge in [-0.3, -0.25) is 14.4 Å². The zero-order chi connectivity index (χ0) is 30.1. The van der Waals surface area contributed by atoms with Crippen LogP contribution in [0.1, 0.15) is 104 Å². The maximum Gasteiger partial charge on any atom is 0.302 e. The van der Waals surface area contributed by atoms with Crippen LogP contribution in [0.4, 0.5) is 0 Å². The summed E-state index contributed by atoms with van der Waals surface area (Å²) in [5, 5.41) is 1.77. The van der Waals surface area contributed by atoms with Gasteiger partial charge in [0.2, 0.25) is 0 Å². The summed E-state index contributed by atoms with van der Waals surface area (Å²) in [5.74, 6) is 2.61. The molecular formula is C37H51NO4. The predicted molar refractivity (Wildman–Crippen MR) is 165 cm³/mol. The number of esters is 1. The molecule has 2 spiro atoms. The molecule has 2 bridgehead atoms. The van der Waals surface area contributed by atoms with Crippen molar-refractivity contribution in [3.05, 3.63) is 60.2 Å². The van der Waals surface area contributed by atoms with Crippen LogP contribution in [0.15, 0.2) is 54.6 Å². The molecule has 0 aromatic heterocycles. The molecular weight excluding hydrogens is 522 g/mol. The van der Waals surface area contributed by atoms with E-state index in [0.29, 0.717) is 47.5 Å². The van der Waals surface area contributed by atoms with Crippen molar-refractivity contribution in [2.24, 2.45) is 46.3 Å². The lowest BCUT2D eigenvalue weighted by molar-refractivity contribution is -0.380. The van der Waals surface area contributed by atoms with Gasteiger partial charge in [-0.2, -0.15) is 0 Å². The second-order valence-corrected chi connectivity index (χ2v) is 15.2. The quantitative estimate of drug-likeness (QED) is 0.254. The van der Waals surface area contributed by atoms with Crippen LogP contribution in [0.2, 0.25) is 0 Å². The third-order valence-corrected chi connectivity index (χ3v) is 12.9. The molecule has 2 heterocycles. The average molecular weight is 574 g/mol. The Morgan fingerprint density at radius 2 is 1.69 bits per heavy atom. The number of allylic oxidation sites excluding steroid dienone is 2. The molecule has 1 aromatic carbocycles. The Balaban J connectivity index is 1.40. The number of nitrogens with zero attached hydrogens (tertiary/aromatic N) is 1. The summed E-state index contributed by atoms with van der Waals surface area (Å²) in [6.07, 6.45) is 16.3. The molecule has 42 heavy (non-hydrogen) atoms. The highest BCUT2D eigenvalue weighted by Crippen LogP contribution is 2.73. The third kappa shape index (κ3) is 4.19. The molecule has 4 fully saturated rings. The van der Waals surface area contributed by atoms with Crippen LogP contribution in [0, 0.1) is 46.3 Å². The number of ether oxygens (including phenoxy) is 1. The molecule has 0 N–H and O–H groups in total. The summed E-state index contributed by atoms with van der Waals surface area (Å²) >= 11 is 0. The van der Waals surface area contributed by atoms with Crippen molar-refractivity contribution in [2.45, 2.75) is 111 Å². The number of carbonyl (C=O) groups is 2. The van der Waals surface area contributed by atoms with E-state index in [1.807, 2.05) is 30.3 Å². The molecule has 2 aliphatic heterocycles. The monoisotopic (exact) mass is 573 g/mol. The molecule has 7 rings (SSSR count). The minimum absolute atomic E-state index is 0.0896. The topological polar surface area (TPSA) is 55.8 Å². The number of benzene rings is 1. The van der Waals surface area contributed by atoms with Gasteiger partial charge in [-0.1, -0.05) is 84.0 Å². The van der Waals surface area contributed by atoms with E-state index < -0.39 is 11.1 Å². The Kier molecular flexibility index (Phi) is 7.31. The second kappa shape index (κ2) is 10.4.